The zero-order valence-electron chi connectivity index (χ0n) is 13.9. The van der Waals surface area contributed by atoms with Gasteiger partial charge in [0.15, 0.2) is 6.61 Å². The van der Waals surface area contributed by atoms with E-state index in [0.717, 1.165) is 19.3 Å². The van der Waals surface area contributed by atoms with Gasteiger partial charge in [-0.15, -0.1) is 0 Å². The maximum atomic E-state index is 12.9. The average molecular weight is 370 g/mol. The lowest BCUT2D eigenvalue weighted by atomic mass is 9.86. The second-order valence-corrected chi connectivity index (χ2v) is 7.97. The summed E-state index contributed by atoms with van der Waals surface area (Å²) in [6.45, 7) is -0.217. The van der Waals surface area contributed by atoms with Gasteiger partial charge in [-0.3, -0.25) is 4.79 Å². The van der Waals surface area contributed by atoms with Crippen molar-refractivity contribution < 1.29 is 27.8 Å². The van der Waals surface area contributed by atoms with Gasteiger partial charge >= 0.3 is 0 Å². The van der Waals surface area contributed by atoms with Crippen LogP contribution in [-0.4, -0.2) is 45.8 Å². The van der Waals surface area contributed by atoms with E-state index >= 15 is 0 Å². The van der Waals surface area contributed by atoms with Gasteiger partial charge in [0.25, 0.3) is 5.91 Å². The fourth-order valence-electron chi connectivity index (χ4n) is 3.30. The molecule has 1 aliphatic carbocycles. The first kappa shape index (κ1) is 18.0. The van der Waals surface area contributed by atoms with E-state index in [2.05, 4.69) is 10.0 Å². The number of carbonyl (C=O) groups excluding carboxylic acids is 1. The molecule has 1 aromatic carbocycles. The predicted molar refractivity (Wildman–Crippen MR) is 90.3 cm³/mol. The van der Waals surface area contributed by atoms with Gasteiger partial charge in [-0.2, -0.15) is 0 Å². The molecular weight excluding hydrogens is 348 g/mol. The van der Waals surface area contributed by atoms with Crippen molar-refractivity contribution in [2.45, 2.75) is 36.6 Å². The van der Waals surface area contributed by atoms with E-state index in [9.17, 15) is 18.3 Å². The number of carbonyl (C=O) groups is 1. The first-order valence-corrected chi connectivity index (χ1v) is 9.71. The second kappa shape index (κ2) is 7.19. The number of nitrogens with one attached hydrogen (secondary N) is 2. The Bertz CT molecular complexity index is 764. The molecule has 3 N–H and O–H groups in total. The van der Waals surface area contributed by atoms with Crippen LogP contribution in [0.3, 0.4) is 0 Å². The topological polar surface area (TPSA) is 114 Å². The summed E-state index contributed by atoms with van der Waals surface area (Å²) in [7, 11) is -2.51. The maximum Gasteiger partial charge on any atom is 0.262 e. The van der Waals surface area contributed by atoms with Crippen LogP contribution in [0.2, 0.25) is 0 Å². The van der Waals surface area contributed by atoms with E-state index in [4.69, 9.17) is 9.47 Å². The summed E-state index contributed by atoms with van der Waals surface area (Å²) in [5.41, 5.74) is 0.373. The summed E-state index contributed by atoms with van der Waals surface area (Å²) >= 11 is 0. The zero-order chi connectivity index (χ0) is 18.0. The Balaban J connectivity index is 1.92. The maximum absolute atomic E-state index is 12.9. The normalized spacial score (nSPS) is 23.4. The Kier molecular flexibility index (Phi) is 5.16. The van der Waals surface area contributed by atoms with Crippen LogP contribution in [0, 0.1) is 5.92 Å². The molecule has 0 unspecified atom stereocenters. The Morgan fingerprint density at radius 3 is 2.84 bits per heavy atom. The molecule has 0 saturated heterocycles. The first-order chi connectivity index (χ1) is 11.9. The number of sulfonamides is 1. The molecule has 25 heavy (non-hydrogen) atoms. The molecule has 1 fully saturated rings. The van der Waals surface area contributed by atoms with Crippen LogP contribution in [0.1, 0.15) is 25.7 Å². The van der Waals surface area contributed by atoms with Crippen LogP contribution in [0.5, 0.6) is 11.5 Å². The number of aliphatic hydroxyl groups is 1. The second-order valence-electron chi connectivity index (χ2n) is 6.29. The van der Waals surface area contributed by atoms with Gasteiger partial charge in [0.2, 0.25) is 10.0 Å². The molecule has 0 bridgehead atoms. The molecule has 138 valence electrons. The van der Waals surface area contributed by atoms with E-state index in [1.54, 1.807) is 0 Å². The van der Waals surface area contributed by atoms with Crippen molar-refractivity contribution in [3.05, 3.63) is 12.1 Å². The van der Waals surface area contributed by atoms with E-state index in [0.29, 0.717) is 12.1 Å². The molecule has 8 nitrogen and oxygen atoms in total. The highest BCUT2D eigenvalue weighted by molar-refractivity contribution is 7.89. The molecule has 0 aromatic heterocycles. The molecule has 9 heteroatoms. The van der Waals surface area contributed by atoms with Crippen molar-refractivity contribution in [3.8, 4) is 11.5 Å². The quantitative estimate of drug-likeness (QED) is 0.708. The highest BCUT2D eigenvalue weighted by atomic mass is 32.2. The number of methoxy groups -OCH3 is 1. The molecular formula is C16H22N2O6S. The number of amides is 1. The van der Waals surface area contributed by atoms with E-state index in [1.807, 2.05) is 0 Å². The predicted octanol–water partition coefficient (Wildman–Crippen LogP) is 0.855. The van der Waals surface area contributed by atoms with Gasteiger partial charge in [-0.1, -0.05) is 12.8 Å². The monoisotopic (exact) mass is 370 g/mol. The van der Waals surface area contributed by atoms with Crippen LogP contribution < -0.4 is 19.5 Å². The van der Waals surface area contributed by atoms with E-state index in [-0.39, 0.29) is 47.5 Å². The fourth-order valence-corrected chi connectivity index (χ4v) is 4.81. The van der Waals surface area contributed by atoms with E-state index in [1.165, 1.54) is 19.2 Å². The molecule has 1 aromatic rings. The third kappa shape index (κ3) is 3.73. The van der Waals surface area contributed by atoms with Crippen molar-refractivity contribution in [3.63, 3.8) is 0 Å². The summed E-state index contributed by atoms with van der Waals surface area (Å²) < 4.78 is 38.9. The third-order valence-electron chi connectivity index (χ3n) is 4.64. The summed E-state index contributed by atoms with van der Waals surface area (Å²) in [6, 6.07) is 2.48. The van der Waals surface area contributed by atoms with Gasteiger partial charge < -0.3 is 19.9 Å². The average Bonchev–Trinajstić information content (AvgIpc) is 2.60. The highest BCUT2D eigenvalue weighted by Gasteiger charge is 2.32. The zero-order valence-corrected chi connectivity index (χ0v) is 14.8. The molecule has 0 spiro atoms. The standard InChI is InChI=1S/C16H22N2O6S/c1-23-14-6-12-13(24-9-16(20)17-12)7-15(14)25(21,22)18-11-5-3-2-4-10(11)8-19/h6-7,10-11,18-19H,2-5,8-9H2,1H3,(H,17,20)/t10-,11-/m1/s1. The number of rotatable bonds is 5. The molecule has 1 saturated carbocycles. The summed E-state index contributed by atoms with van der Waals surface area (Å²) in [5.74, 6) is -0.00417. The Labute approximate surface area is 146 Å². The summed E-state index contributed by atoms with van der Waals surface area (Å²) in [5, 5.41) is 12.1. The first-order valence-electron chi connectivity index (χ1n) is 8.22. The van der Waals surface area contributed by atoms with Crippen molar-refractivity contribution >= 4 is 21.6 Å². The van der Waals surface area contributed by atoms with Crippen LogP contribution in [0.15, 0.2) is 17.0 Å². The summed E-state index contributed by atoms with van der Waals surface area (Å²) in [4.78, 5) is 11.4. The lowest BCUT2D eigenvalue weighted by Crippen LogP contribution is -2.43. The molecule has 3 rings (SSSR count). The number of anilines is 1. The van der Waals surface area contributed by atoms with Crippen LogP contribution >= 0.6 is 0 Å². The number of hydrogen-bond donors (Lipinski definition) is 3. The Hall–Kier alpha value is -1.84. The van der Waals surface area contributed by atoms with Crippen LogP contribution in [0.25, 0.3) is 0 Å². The number of fused-ring (bicyclic) bond motifs is 1. The van der Waals surface area contributed by atoms with Crippen molar-refractivity contribution in [1.29, 1.82) is 0 Å². The van der Waals surface area contributed by atoms with Crippen LogP contribution in [-0.2, 0) is 14.8 Å². The largest absolute Gasteiger partial charge is 0.495 e. The van der Waals surface area contributed by atoms with Crippen molar-refractivity contribution in [2.24, 2.45) is 5.92 Å². The lowest BCUT2D eigenvalue weighted by Gasteiger charge is -2.31. The minimum absolute atomic E-state index is 0.0489. The summed E-state index contributed by atoms with van der Waals surface area (Å²) in [6.07, 6.45) is 3.38. The number of ether oxygens (including phenoxy) is 2. The number of aliphatic hydroxyl groups excluding tert-OH is 1. The lowest BCUT2D eigenvalue weighted by molar-refractivity contribution is -0.118. The fraction of sp³-hybridized carbons (Fsp3) is 0.562. The minimum Gasteiger partial charge on any atom is -0.495 e. The molecule has 1 aliphatic heterocycles. The van der Waals surface area contributed by atoms with Gasteiger partial charge in [0.05, 0.1) is 12.8 Å². The Morgan fingerprint density at radius 2 is 2.12 bits per heavy atom. The SMILES string of the molecule is COc1cc2c(cc1S(=O)(=O)N[C@@H]1CCCC[C@@H]1CO)OCC(=O)N2. The van der Waals surface area contributed by atoms with Crippen molar-refractivity contribution in [1.82, 2.24) is 4.72 Å². The smallest absolute Gasteiger partial charge is 0.262 e. The van der Waals surface area contributed by atoms with Gasteiger partial charge in [-0.25, -0.2) is 13.1 Å². The van der Waals surface area contributed by atoms with Gasteiger partial charge in [0.1, 0.15) is 16.4 Å². The highest BCUT2D eigenvalue weighted by Crippen LogP contribution is 2.37. The number of benzene rings is 1. The van der Waals surface area contributed by atoms with Crippen molar-refractivity contribution in [2.75, 3.05) is 25.6 Å². The van der Waals surface area contributed by atoms with E-state index < -0.39 is 10.0 Å². The van der Waals surface area contributed by atoms with Gasteiger partial charge in [0, 0.05) is 24.8 Å². The molecule has 2 aliphatic rings. The molecule has 1 amide bonds. The molecule has 1 heterocycles. The molecule has 0 radical (unpaired) electrons. The minimum atomic E-state index is -3.87. The third-order valence-corrected chi connectivity index (χ3v) is 6.15. The number of hydrogen-bond acceptors (Lipinski definition) is 6. The molecule has 2 atom stereocenters. The van der Waals surface area contributed by atoms with Gasteiger partial charge in [-0.05, 0) is 18.8 Å². The van der Waals surface area contributed by atoms with Crippen LogP contribution in [0.4, 0.5) is 5.69 Å². The Morgan fingerprint density at radius 1 is 1.36 bits per heavy atom.